The van der Waals surface area contributed by atoms with E-state index in [9.17, 15) is 9.18 Å². The Bertz CT molecular complexity index is 2000. The highest BCUT2D eigenvalue weighted by atomic mass is 19.1. The number of hydrogen-bond acceptors (Lipinski definition) is 5. The van der Waals surface area contributed by atoms with E-state index in [1.807, 2.05) is 82.6 Å². The molecule has 1 saturated heterocycles. The van der Waals surface area contributed by atoms with E-state index in [-0.39, 0.29) is 11.7 Å². The third-order valence-corrected chi connectivity index (χ3v) is 9.07. The smallest absolute Gasteiger partial charge is 0.259 e. The Labute approximate surface area is 266 Å². The second kappa shape index (κ2) is 12.3. The van der Waals surface area contributed by atoms with Gasteiger partial charge in [0.25, 0.3) is 5.91 Å². The first-order chi connectivity index (χ1) is 22.4. The number of methoxy groups -OCH3 is 1. The summed E-state index contributed by atoms with van der Waals surface area (Å²) in [6, 6.07) is 29.6. The van der Waals surface area contributed by atoms with Gasteiger partial charge >= 0.3 is 0 Å². The van der Waals surface area contributed by atoms with Crippen molar-refractivity contribution >= 4 is 28.1 Å². The number of carbonyl (C=O) groups excluding carboxylic acids is 1. The Morgan fingerprint density at radius 2 is 1.52 bits per heavy atom. The lowest BCUT2D eigenvalue weighted by atomic mass is 9.95. The summed E-state index contributed by atoms with van der Waals surface area (Å²) in [6.07, 6.45) is 0.541. The van der Waals surface area contributed by atoms with Gasteiger partial charge in [0.1, 0.15) is 17.4 Å². The van der Waals surface area contributed by atoms with Crippen LogP contribution in [0.1, 0.15) is 38.2 Å². The molecule has 5 aromatic carbocycles. The molecule has 7 rings (SSSR count). The van der Waals surface area contributed by atoms with Crippen molar-refractivity contribution in [2.75, 3.05) is 43.1 Å². The number of ether oxygens (including phenoxy) is 1. The van der Waals surface area contributed by atoms with E-state index < -0.39 is 5.82 Å². The number of nitrogens with zero attached hydrogens (tertiary/aromatic N) is 4. The molecule has 1 fully saturated rings. The van der Waals surface area contributed by atoms with E-state index in [2.05, 4.69) is 4.90 Å². The molecule has 2 aliphatic heterocycles. The summed E-state index contributed by atoms with van der Waals surface area (Å²) >= 11 is 0. The van der Waals surface area contributed by atoms with E-state index in [1.165, 1.54) is 6.07 Å². The lowest BCUT2D eigenvalue weighted by Crippen LogP contribution is -2.46. The summed E-state index contributed by atoms with van der Waals surface area (Å²) in [4.78, 5) is 19.4. The highest BCUT2D eigenvalue weighted by molar-refractivity contribution is 6.25. The van der Waals surface area contributed by atoms with Crippen molar-refractivity contribution < 1.29 is 18.3 Å². The topological polar surface area (TPSA) is 59.8 Å². The number of halogens is 2. The lowest BCUT2D eigenvalue weighted by Gasteiger charge is -2.36. The summed E-state index contributed by atoms with van der Waals surface area (Å²) < 4.78 is 35.2. The molecule has 5 aromatic rings. The summed E-state index contributed by atoms with van der Waals surface area (Å²) in [5.74, 6) is 0.108. The second-order valence-electron chi connectivity index (χ2n) is 11.9. The molecule has 0 atom stereocenters. The van der Waals surface area contributed by atoms with Gasteiger partial charge in [0.2, 0.25) is 0 Å². The number of amides is 1. The molecular weight excluding hydrogens is 582 g/mol. The Morgan fingerprint density at radius 3 is 2.24 bits per heavy atom. The van der Waals surface area contributed by atoms with Crippen LogP contribution in [0.2, 0.25) is 0 Å². The Morgan fingerprint density at radius 1 is 0.783 bits per heavy atom. The van der Waals surface area contributed by atoms with Gasteiger partial charge in [0, 0.05) is 49.2 Å². The van der Waals surface area contributed by atoms with Crippen LogP contribution in [-0.4, -0.2) is 44.1 Å². The van der Waals surface area contributed by atoms with Gasteiger partial charge in [-0.1, -0.05) is 42.5 Å². The minimum absolute atomic E-state index is 0.0214. The van der Waals surface area contributed by atoms with Crippen molar-refractivity contribution in [2.45, 2.75) is 19.5 Å². The average Bonchev–Trinajstić information content (AvgIpc) is 3.35. The van der Waals surface area contributed by atoms with Gasteiger partial charge in [-0.3, -0.25) is 9.69 Å². The van der Waals surface area contributed by atoms with Crippen LogP contribution in [0.3, 0.4) is 0 Å². The molecule has 0 radical (unpaired) electrons. The van der Waals surface area contributed by atoms with Gasteiger partial charge in [-0.25, -0.2) is 8.78 Å². The van der Waals surface area contributed by atoms with Crippen LogP contribution in [-0.2, 0) is 19.5 Å². The van der Waals surface area contributed by atoms with E-state index in [1.54, 1.807) is 25.3 Å². The number of rotatable bonds is 8. The zero-order valence-electron chi connectivity index (χ0n) is 25.5. The van der Waals surface area contributed by atoms with Crippen molar-refractivity contribution in [1.29, 1.82) is 5.26 Å². The van der Waals surface area contributed by atoms with Crippen LogP contribution in [0, 0.1) is 23.0 Å². The predicted octanol–water partition coefficient (Wildman–Crippen LogP) is 7.07. The quantitative estimate of drug-likeness (QED) is 0.187. The SMILES string of the molecule is COc1ccc(CN2C(=O)c3cccc4c(Cc5ccc(CN6CCN(c7ccc(C#N)cc7F)CC6)c(F)c5)ccc2c34)cc1. The molecular formula is C38H32F2N4O2. The summed E-state index contributed by atoms with van der Waals surface area (Å²) in [6.45, 7) is 3.52. The summed E-state index contributed by atoms with van der Waals surface area (Å²) in [5, 5.41) is 10.9. The van der Waals surface area contributed by atoms with Gasteiger partial charge in [0.05, 0.1) is 36.7 Å². The fourth-order valence-corrected chi connectivity index (χ4v) is 6.60. The summed E-state index contributed by atoms with van der Waals surface area (Å²) in [5.41, 5.74) is 5.91. The maximum absolute atomic E-state index is 15.4. The van der Waals surface area contributed by atoms with E-state index in [0.717, 1.165) is 38.9 Å². The molecule has 2 aliphatic rings. The van der Waals surface area contributed by atoms with Crippen molar-refractivity contribution in [3.63, 3.8) is 0 Å². The van der Waals surface area contributed by atoms with Gasteiger partial charge in [-0.2, -0.15) is 5.26 Å². The monoisotopic (exact) mass is 614 g/mol. The van der Waals surface area contributed by atoms with Crippen LogP contribution in [0.25, 0.3) is 10.8 Å². The normalized spacial score (nSPS) is 14.6. The van der Waals surface area contributed by atoms with Gasteiger partial charge in [-0.15, -0.1) is 0 Å². The first-order valence-electron chi connectivity index (χ1n) is 15.4. The Balaban J connectivity index is 1.04. The highest BCUT2D eigenvalue weighted by Gasteiger charge is 2.30. The van der Waals surface area contributed by atoms with Gasteiger partial charge in [-0.05, 0) is 77.0 Å². The standard InChI is InChI=1S/C38H32F2N4O2/c1-46-30-11-6-25(7-12-30)23-44-36-14-10-28(31-3-2-4-32(37(31)36)38(44)45)19-26-5-9-29(33(39)20-26)24-42-15-17-43(18-16-42)35-13-8-27(22-41)21-34(35)40/h2-14,20-21H,15-19,23-24H2,1H3. The number of carbonyl (C=O) groups is 1. The average molecular weight is 615 g/mol. The number of hydrogen-bond donors (Lipinski definition) is 0. The maximum atomic E-state index is 15.4. The van der Waals surface area contributed by atoms with E-state index >= 15 is 4.39 Å². The largest absolute Gasteiger partial charge is 0.497 e. The van der Waals surface area contributed by atoms with E-state index in [4.69, 9.17) is 10.00 Å². The molecule has 6 nitrogen and oxygen atoms in total. The number of anilines is 2. The second-order valence-corrected chi connectivity index (χ2v) is 11.9. The molecule has 8 heteroatoms. The molecule has 0 N–H and O–H groups in total. The van der Waals surface area contributed by atoms with Crippen LogP contribution in [0.15, 0.2) is 91.0 Å². The van der Waals surface area contributed by atoms with Crippen molar-refractivity contribution in [2.24, 2.45) is 0 Å². The molecule has 2 heterocycles. The fourth-order valence-electron chi connectivity index (χ4n) is 6.60. The van der Waals surface area contributed by atoms with Crippen molar-refractivity contribution in [1.82, 2.24) is 4.90 Å². The zero-order chi connectivity index (χ0) is 31.8. The van der Waals surface area contributed by atoms with Crippen molar-refractivity contribution in [3.8, 4) is 11.8 Å². The first-order valence-corrected chi connectivity index (χ1v) is 15.4. The van der Waals surface area contributed by atoms with Crippen LogP contribution in [0.4, 0.5) is 20.2 Å². The Hall–Kier alpha value is -5.26. The molecule has 0 spiro atoms. The third-order valence-electron chi connectivity index (χ3n) is 9.07. The Kier molecular flexibility index (Phi) is 7.85. The van der Waals surface area contributed by atoms with Gasteiger partial charge < -0.3 is 14.5 Å². The van der Waals surface area contributed by atoms with Gasteiger partial charge in [0.15, 0.2) is 0 Å². The highest BCUT2D eigenvalue weighted by Crippen LogP contribution is 2.40. The number of nitriles is 1. The molecule has 230 valence electrons. The molecule has 46 heavy (non-hydrogen) atoms. The maximum Gasteiger partial charge on any atom is 0.259 e. The predicted molar refractivity (Wildman–Crippen MR) is 175 cm³/mol. The molecule has 0 unspecified atom stereocenters. The molecule has 0 saturated carbocycles. The minimum atomic E-state index is -0.396. The number of piperazine rings is 1. The van der Waals surface area contributed by atoms with Crippen molar-refractivity contribution in [3.05, 3.63) is 136 Å². The summed E-state index contributed by atoms with van der Waals surface area (Å²) in [7, 11) is 1.63. The molecule has 0 bridgehead atoms. The number of benzene rings is 5. The van der Waals surface area contributed by atoms with Crippen LogP contribution in [0.5, 0.6) is 5.75 Å². The fraction of sp³-hybridized carbons (Fsp3) is 0.211. The zero-order valence-corrected chi connectivity index (χ0v) is 25.5. The molecule has 1 amide bonds. The van der Waals surface area contributed by atoms with E-state index in [0.29, 0.717) is 68.1 Å². The molecule has 0 aliphatic carbocycles. The minimum Gasteiger partial charge on any atom is -0.497 e. The first kappa shape index (κ1) is 29.5. The third kappa shape index (κ3) is 5.55. The lowest BCUT2D eigenvalue weighted by molar-refractivity contribution is 0.0991. The van der Waals surface area contributed by atoms with Crippen LogP contribution < -0.4 is 14.5 Å². The van der Waals surface area contributed by atoms with Crippen LogP contribution >= 0.6 is 0 Å². The molecule has 0 aromatic heterocycles.